The Morgan fingerprint density at radius 2 is 2.15 bits per heavy atom. The first-order valence-electron chi connectivity index (χ1n) is 5.72. The first kappa shape index (κ1) is 13.5. The summed E-state index contributed by atoms with van der Waals surface area (Å²) in [5.74, 6) is -0.544. The smallest absolute Gasteiger partial charge is 0.288 e. The summed E-state index contributed by atoms with van der Waals surface area (Å²) in [6, 6.07) is 8.57. The van der Waals surface area contributed by atoms with Crippen molar-refractivity contribution in [3.63, 3.8) is 0 Å². The van der Waals surface area contributed by atoms with Crippen LogP contribution in [0.2, 0.25) is 0 Å². The molecule has 102 valence electrons. The summed E-state index contributed by atoms with van der Waals surface area (Å²) in [5.41, 5.74) is 3.00. The van der Waals surface area contributed by atoms with E-state index in [-0.39, 0.29) is 11.5 Å². The number of hydrazone groups is 1. The van der Waals surface area contributed by atoms with Gasteiger partial charge in [0.05, 0.1) is 11.9 Å². The van der Waals surface area contributed by atoms with Crippen LogP contribution in [-0.4, -0.2) is 33.1 Å². The number of amides is 1. The van der Waals surface area contributed by atoms with Gasteiger partial charge in [-0.05, 0) is 19.1 Å². The first-order chi connectivity index (χ1) is 9.61. The normalized spacial score (nSPS) is 11.9. The Morgan fingerprint density at radius 3 is 2.90 bits per heavy atom. The second-order valence-corrected chi connectivity index (χ2v) is 3.97. The Balaban J connectivity index is 2.18. The van der Waals surface area contributed by atoms with Crippen LogP contribution < -0.4 is 5.43 Å². The van der Waals surface area contributed by atoms with E-state index in [0.717, 1.165) is 5.39 Å². The summed E-state index contributed by atoms with van der Waals surface area (Å²) in [4.78, 5) is 15.5. The number of hydrogen-bond acceptors (Lipinski definition) is 6. The lowest BCUT2D eigenvalue weighted by Crippen LogP contribution is -2.24. The number of para-hydroxylation sites is 1. The molecule has 0 radical (unpaired) electrons. The third kappa shape index (κ3) is 2.89. The van der Waals surface area contributed by atoms with Crippen molar-refractivity contribution in [2.75, 3.05) is 0 Å². The molecule has 0 aliphatic rings. The summed E-state index contributed by atoms with van der Waals surface area (Å²) < 4.78 is 0. The molecule has 7 nitrogen and oxygen atoms in total. The van der Waals surface area contributed by atoms with Gasteiger partial charge in [-0.2, -0.15) is 5.10 Å². The van der Waals surface area contributed by atoms with Gasteiger partial charge in [0.1, 0.15) is 17.0 Å². The average molecular weight is 272 g/mol. The minimum atomic E-state index is -0.618. The molecular weight excluding hydrogens is 260 g/mol. The highest BCUT2D eigenvalue weighted by atomic mass is 16.4. The van der Waals surface area contributed by atoms with Crippen LogP contribution in [0.4, 0.5) is 0 Å². The fraction of sp³-hybridized carbons (Fsp3) is 0.0769. The molecule has 2 aromatic rings. The predicted octanol–water partition coefficient (Wildman–Crippen LogP) is 1.24. The number of carbonyl (C=O) groups excluding carboxylic acids is 1. The first-order valence-corrected chi connectivity index (χ1v) is 5.72. The van der Waals surface area contributed by atoms with Crippen molar-refractivity contribution in [2.45, 2.75) is 6.92 Å². The molecule has 0 fully saturated rings. The molecule has 0 aliphatic carbocycles. The zero-order chi connectivity index (χ0) is 14.5. The Kier molecular flexibility index (Phi) is 3.90. The summed E-state index contributed by atoms with van der Waals surface area (Å²) in [7, 11) is 0. The van der Waals surface area contributed by atoms with E-state index in [4.69, 9.17) is 5.21 Å². The Hall–Kier alpha value is -2.96. The minimum absolute atomic E-state index is 0.0741. The number of aromatic hydroxyl groups is 1. The van der Waals surface area contributed by atoms with Crippen LogP contribution in [0.5, 0.6) is 5.75 Å². The number of phenolic OH excluding ortho intramolecular Hbond substituents is 1. The van der Waals surface area contributed by atoms with Gasteiger partial charge in [0.25, 0.3) is 5.91 Å². The maximum Gasteiger partial charge on any atom is 0.288 e. The maximum absolute atomic E-state index is 11.3. The monoisotopic (exact) mass is 272 g/mol. The highest BCUT2D eigenvalue weighted by molar-refractivity contribution is 6.37. The fourth-order valence-corrected chi connectivity index (χ4v) is 1.50. The molecule has 0 saturated heterocycles. The Morgan fingerprint density at radius 1 is 1.35 bits per heavy atom. The lowest BCUT2D eigenvalue weighted by molar-refractivity contribution is -0.114. The van der Waals surface area contributed by atoms with Gasteiger partial charge in [-0.25, -0.2) is 10.4 Å². The van der Waals surface area contributed by atoms with Crippen molar-refractivity contribution >= 4 is 28.7 Å². The van der Waals surface area contributed by atoms with Crippen LogP contribution in [-0.2, 0) is 4.79 Å². The fourth-order valence-electron chi connectivity index (χ4n) is 1.50. The van der Waals surface area contributed by atoms with E-state index in [0.29, 0.717) is 11.2 Å². The van der Waals surface area contributed by atoms with E-state index in [1.54, 1.807) is 24.3 Å². The van der Waals surface area contributed by atoms with Crippen LogP contribution in [0.15, 0.2) is 40.6 Å². The number of pyridine rings is 1. The van der Waals surface area contributed by atoms with E-state index in [1.807, 2.05) is 6.07 Å². The number of oxime groups is 1. The molecule has 2 rings (SSSR count). The van der Waals surface area contributed by atoms with E-state index in [9.17, 15) is 9.90 Å². The van der Waals surface area contributed by atoms with Gasteiger partial charge in [-0.15, -0.1) is 0 Å². The number of aromatic nitrogens is 1. The highest BCUT2D eigenvalue weighted by Gasteiger charge is 2.04. The molecule has 1 amide bonds. The van der Waals surface area contributed by atoms with Crippen molar-refractivity contribution in [3.05, 3.63) is 36.0 Å². The number of benzene rings is 1. The maximum atomic E-state index is 11.3. The largest absolute Gasteiger partial charge is 0.506 e. The van der Waals surface area contributed by atoms with Crippen LogP contribution in [0.25, 0.3) is 10.9 Å². The minimum Gasteiger partial charge on any atom is -0.506 e. The van der Waals surface area contributed by atoms with Gasteiger partial charge in [-0.1, -0.05) is 23.4 Å². The molecule has 3 N–H and O–H groups in total. The van der Waals surface area contributed by atoms with E-state index in [2.05, 4.69) is 20.7 Å². The van der Waals surface area contributed by atoms with Gasteiger partial charge < -0.3 is 10.3 Å². The third-order valence-corrected chi connectivity index (χ3v) is 2.56. The van der Waals surface area contributed by atoms with Crippen LogP contribution >= 0.6 is 0 Å². The zero-order valence-electron chi connectivity index (χ0n) is 10.6. The SMILES string of the molecule is C/C(=N\O)C(=O)N/N=C/c1ccc2cccc(O)c2n1. The number of hydrogen-bond donors (Lipinski definition) is 3. The summed E-state index contributed by atoms with van der Waals surface area (Å²) in [6.45, 7) is 1.34. The van der Waals surface area contributed by atoms with E-state index in [1.165, 1.54) is 13.1 Å². The number of carbonyl (C=O) groups is 1. The molecule has 0 saturated carbocycles. The van der Waals surface area contributed by atoms with Crippen molar-refractivity contribution in [1.82, 2.24) is 10.4 Å². The number of nitrogens with one attached hydrogen (secondary N) is 1. The molecule has 0 atom stereocenters. The molecule has 1 aromatic carbocycles. The molecule has 0 unspecified atom stereocenters. The molecule has 1 aromatic heterocycles. The van der Waals surface area contributed by atoms with Crippen LogP contribution in [0.1, 0.15) is 12.6 Å². The van der Waals surface area contributed by atoms with E-state index < -0.39 is 5.91 Å². The van der Waals surface area contributed by atoms with Crippen molar-refractivity contribution < 1.29 is 15.1 Å². The summed E-state index contributed by atoms with van der Waals surface area (Å²) in [6.07, 6.45) is 1.33. The van der Waals surface area contributed by atoms with Crippen LogP contribution in [0, 0.1) is 0 Å². The molecule has 0 spiro atoms. The number of phenols is 1. The number of nitrogens with zero attached hydrogens (tertiary/aromatic N) is 3. The highest BCUT2D eigenvalue weighted by Crippen LogP contribution is 2.21. The topological polar surface area (TPSA) is 107 Å². The van der Waals surface area contributed by atoms with Gasteiger partial charge in [-0.3, -0.25) is 4.79 Å². The number of rotatable bonds is 3. The standard InChI is InChI=1S/C13H12N4O3/c1-8(17-20)13(19)16-14-7-10-6-5-9-3-2-4-11(18)12(9)15-10/h2-7,18,20H,1H3,(H,16,19)/b14-7+,17-8+. The van der Waals surface area contributed by atoms with E-state index >= 15 is 0 Å². The lowest BCUT2D eigenvalue weighted by Gasteiger charge is -2.01. The third-order valence-electron chi connectivity index (χ3n) is 2.56. The van der Waals surface area contributed by atoms with Crippen LogP contribution in [0.3, 0.4) is 0 Å². The second kappa shape index (κ2) is 5.79. The second-order valence-electron chi connectivity index (χ2n) is 3.97. The average Bonchev–Trinajstić information content (AvgIpc) is 2.47. The quantitative estimate of drug-likeness (QED) is 0.444. The molecule has 7 heteroatoms. The lowest BCUT2D eigenvalue weighted by atomic mass is 10.2. The van der Waals surface area contributed by atoms with Crippen molar-refractivity contribution in [3.8, 4) is 5.75 Å². The van der Waals surface area contributed by atoms with Gasteiger partial charge in [0.15, 0.2) is 0 Å². The zero-order valence-corrected chi connectivity index (χ0v) is 10.6. The molecule has 0 aliphatic heterocycles. The van der Waals surface area contributed by atoms with Crippen molar-refractivity contribution in [1.29, 1.82) is 0 Å². The summed E-state index contributed by atoms with van der Waals surface area (Å²) >= 11 is 0. The predicted molar refractivity (Wildman–Crippen MR) is 74.0 cm³/mol. The van der Waals surface area contributed by atoms with Gasteiger partial charge in [0, 0.05) is 5.39 Å². The molecule has 20 heavy (non-hydrogen) atoms. The Bertz CT molecular complexity index is 710. The molecular formula is C13H12N4O3. The Labute approximate surface area is 114 Å². The van der Waals surface area contributed by atoms with Gasteiger partial charge >= 0.3 is 0 Å². The molecule has 0 bridgehead atoms. The summed E-state index contributed by atoms with van der Waals surface area (Å²) in [5, 5.41) is 25.3. The van der Waals surface area contributed by atoms with Gasteiger partial charge in [0.2, 0.25) is 0 Å². The molecule has 1 heterocycles. The van der Waals surface area contributed by atoms with Crippen molar-refractivity contribution in [2.24, 2.45) is 10.3 Å². The number of fused-ring (bicyclic) bond motifs is 1.